The molecule has 6 aliphatic rings. The van der Waals surface area contributed by atoms with Gasteiger partial charge in [-0.15, -0.1) is 0 Å². The van der Waals surface area contributed by atoms with Crippen molar-refractivity contribution in [2.45, 2.75) is 187 Å². The molecule has 23 heteroatoms. The number of amides is 2. The number of nitrogens with one attached hydrogen (secondary N) is 2. The van der Waals surface area contributed by atoms with Crippen molar-refractivity contribution in [3.05, 3.63) is 54.9 Å². The molecule has 6 atom stereocenters. The summed E-state index contributed by atoms with van der Waals surface area (Å²) in [5.74, 6) is 2.07. The number of aromatic nitrogens is 6. The molecule has 10 rings (SSSR count). The Morgan fingerprint density at radius 3 is 1.50 bits per heavy atom. The van der Waals surface area contributed by atoms with Crippen LogP contribution in [0.25, 0.3) is 0 Å². The van der Waals surface area contributed by atoms with E-state index in [0.717, 1.165) is 44.1 Å². The Morgan fingerprint density at radius 1 is 0.625 bits per heavy atom. The molecular weight excluding hydrogens is 969 g/mol. The van der Waals surface area contributed by atoms with Gasteiger partial charge in [-0.3, -0.25) is 0 Å². The summed E-state index contributed by atoms with van der Waals surface area (Å²) in [6.45, 7) is 11.2. The van der Waals surface area contributed by atoms with Crippen molar-refractivity contribution in [1.82, 2.24) is 39.7 Å². The summed E-state index contributed by atoms with van der Waals surface area (Å²) in [6, 6.07) is 6.69. The van der Waals surface area contributed by atoms with Crippen LogP contribution in [0.1, 0.15) is 117 Å². The lowest BCUT2D eigenvalue weighted by atomic mass is 10.00. The third-order valence-corrected chi connectivity index (χ3v) is 18.0. The Bertz CT molecular complexity index is 2820. The molecule has 0 radical (unpaired) electrons. The molecule has 2 N–H and O–H groups in total. The molecule has 4 unspecified atom stereocenters. The Kier molecular flexibility index (Phi) is 14.4. The molecule has 4 aromatic heterocycles. The highest BCUT2D eigenvalue weighted by molar-refractivity contribution is 7.92. The average molecular weight is 1030 g/mol. The van der Waals surface area contributed by atoms with Crippen LogP contribution in [0, 0.1) is 6.92 Å². The number of rotatable bonds is 14. The van der Waals surface area contributed by atoms with Gasteiger partial charge in [0.2, 0.25) is 11.6 Å². The number of hydrogen-bond acceptors (Lipinski definition) is 19. The first-order chi connectivity index (χ1) is 34.3. The molecule has 2 amide bonds. The van der Waals surface area contributed by atoms with Gasteiger partial charge < -0.3 is 44.1 Å². The van der Waals surface area contributed by atoms with E-state index in [2.05, 4.69) is 40.5 Å². The van der Waals surface area contributed by atoms with E-state index in [1.54, 1.807) is 12.1 Å². The second-order valence-electron chi connectivity index (χ2n) is 20.6. The van der Waals surface area contributed by atoms with Gasteiger partial charge >= 0.3 is 12.2 Å². The van der Waals surface area contributed by atoms with Crippen molar-refractivity contribution in [2.24, 2.45) is 0 Å². The minimum atomic E-state index is -3.35. The monoisotopic (exact) mass is 1030 g/mol. The maximum atomic E-state index is 12.7. The van der Waals surface area contributed by atoms with Crippen molar-refractivity contribution in [1.29, 1.82) is 0 Å². The Morgan fingerprint density at radius 2 is 1.07 bits per heavy atom. The molecule has 0 spiro atoms. The summed E-state index contributed by atoms with van der Waals surface area (Å²) < 4.78 is 78.7. The van der Waals surface area contributed by atoms with Crippen LogP contribution >= 0.6 is 0 Å². The lowest BCUT2D eigenvalue weighted by molar-refractivity contribution is -0.00775. The third kappa shape index (κ3) is 11.4. The van der Waals surface area contributed by atoms with E-state index in [9.17, 15) is 26.4 Å². The standard InChI is InChI=1S/C25H33N5O5S.C24H31N5O6S/c1-15-22(29-16-5-10-21(26-13-16)36(32,33)20-8-9-20)27-14-28-23(15)34-19-11-17-6-7-18(12-19)30(17)24(31)35-25(2,3)4;1-14(2)34-24(30)29-16-5-6-17(29)11-18(10-16)35-23-21(33-3)22(26-13-27-23)28-15-4-9-20(25-12-15)36(31,32)19-7-8-19/h5,10,13-14,17-20H,6-9,11-12H2,1-4H3,(H,27,28,29);4,9,12-14,16-19H,5-8,10-11H2,1-3H3,(H,26,27,28)/t17-,18?,19?;16-,17?,18?/m00/s1. The molecule has 8 heterocycles. The van der Waals surface area contributed by atoms with Gasteiger partial charge in [-0.25, -0.2) is 51.3 Å². The number of fused-ring (bicyclic) bond motifs is 4. The van der Waals surface area contributed by atoms with Crippen LogP contribution in [0.2, 0.25) is 0 Å². The number of carbonyl (C=O) groups excluding carboxylic acids is 2. The Hall–Kier alpha value is -6.10. The first kappa shape index (κ1) is 50.8. The summed E-state index contributed by atoms with van der Waals surface area (Å²) in [4.78, 5) is 54.5. The van der Waals surface area contributed by atoms with Crippen molar-refractivity contribution < 1.29 is 50.1 Å². The molecule has 4 aromatic rings. The minimum Gasteiger partial charge on any atom is -0.489 e. The van der Waals surface area contributed by atoms with Gasteiger partial charge in [-0.05, 0) is 117 Å². The molecule has 21 nitrogen and oxygen atoms in total. The van der Waals surface area contributed by atoms with E-state index in [1.165, 1.54) is 44.3 Å². The topological polar surface area (TPSA) is 256 Å². The van der Waals surface area contributed by atoms with E-state index < -0.39 is 25.3 Å². The van der Waals surface area contributed by atoms with Crippen LogP contribution in [0.15, 0.2) is 59.4 Å². The number of nitrogens with zero attached hydrogens (tertiary/aromatic N) is 8. The fourth-order valence-corrected chi connectivity index (χ4v) is 13.1. The minimum absolute atomic E-state index is 0.0591. The predicted octanol–water partition coefficient (Wildman–Crippen LogP) is 7.65. The van der Waals surface area contributed by atoms with Crippen LogP contribution in [0.4, 0.5) is 32.6 Å². The second-order valence-corrected chi connectivity index (χ2v) is 25.0. The number of sulfone groups is 2. The Balaban J connectivity index is 0.000000178. The lowest BCUT2D eigenvalue weighted by Gasteiger charge is -2.39. The molecule has 388 valence electrons. The fraction of sp³-hybridized carbons (Fsp3) is 0.592. The highest BCUT2D eigenvalue weighted by Crippen LogP contribution is 2.42. The van der Waals surface area contributed by atoms with E-state index in [-0.39, 0.29) is 75.2 Å². The SMILES string of the molecule is COc1c(Nc2ccc(S(=O)(=O)C3CC3)nc2)ncnc1OC1CC2CC[C@@H](C1)N2C(=O)OC(C)C.Cc1c(Nc2ccc(S(=O)(=O)C3CC3)nc2)ncnc1OC1CC2CC[C@@H](C1)N2C(=O)OC(C)(C)C. The zero-order valence-electron chi connectivity index (χ0n) is 41.7. The summed E-state index contributed by atoms with van der Waals surface area (Å²) in [5, 5.41) is 5.88. The molecule has 0 aromatic carbocycles. The first-order valence-corrected chi connectivity index (χ1v) is 27.8. The molecule has 72 heavy (non-hydrogen) atoms. The highest BCUT2D eigenvalue weighted by atomic mass is 32.2. The maximum absolute atomic E-state index is 12.7. The van der Waals surface area contributed by atoms with Gasteiger partial charge in [0.05, 0.1) is 53.0 Å². The number of hydrogen-bond donors (Lipinski definition) is 2. The van der Waals surface area contributed by atoms with Crippen molar-refractivity contribution in [3.63, 3.8) is 0 Å². The van der Waals surface area contributed by atoms with Gasteiger partial charge in [-0.2, -0.15) is 4.98 Å². The molecule has 2 saturated carbocycles. The smallest absolute Gasteiger partial charge is 0.410 e. The number of methoxy groups -OCH3 is 1. The molecular formula is C49H64N10O11S2. The third-order valence-electron chi connectivity index (χ3n) is 13.6. The largest absolute Gasteiger partial charge is 0.489 e. The summed E-state index contributed by atoms with van der Waals surface area (Å²) in [7, 11) is -5.17. The fourth-order valence-electron chi connectivity index (χ4n) is 9.95. The number of pyridine rings is 2. The number of anilines is 4. The summed E-state index contributed by atoms with van der Waals surface area (Å²) in [5.41, 5.74) is 1.41. The maximum Gasteiger partial charge on any atom is 0.410 e. The zero-order chi connectivity index (χ0) is 51.1. The predicted molar refractivity (Wildman–Crippen MR) is 263 cm³/mol. The van der Waals surface area contributed by atoms with E-state index in [0.29, 0.717) is 79.0 Å². The molecule has 6 fully saturated rings. The van der Waals surface area contributed by atoms with E-state index >= 15 is 0 Å². The average Bonchev–Trinajstić information content (AvgIpc) is 4.26. The van der Waals surface area contributed by atoms with Gasteiger partial charge in [0, 0.05) is 49.9 Å². The lowest BCUT2D eigenvalue weighted by Crippen LogP contribution is -2.50. The first-order valence-electron chi connectivity index (χ1n) is 24.8. The molecule has 4 aliphatic heterocycles. The summed E-state index contributed by atoms with van der Waals surface area (Å²) in [6.07, 6.45) is 14.3. The van der Waals surface area contributed by atoms with Crippen molar-refractivity contribution in [2.75, 3.05) is 17.7 Å². The van der Waals surface area contributed by atoms with Crippen LogP contribution in [0.3, 0.4) is 0 Å². The van der Waals surface area contributed by atoms with Gasteiger partial charge in [0.1, 0.15) is 36.3 Å². The van der Waals surface area contributed by atoms with Crippen LogP contribution in [-0.2, 0) is 29.1 Å². The van der Waals surface area contributed by atoms with E-state index in [1.807, 2.05) is 51.3 Å². The molecule has 4 saturated heterocycles. The van der Waals surface area contributed by atoms with E-state index in [4.69, 9.17) is 23.7 Å². The quantitative estimate of drug-likeness (QED) is 0.123. The normalized spacial score (nSPS) is 23.7. The second kappa shape index (κ2) is 20.4. The van der Waals surface area contributed by atoms with Crippen molar-refractivity contribution >= 4 is 54.9 Å². The van der Waals surface area contributed by atoms with Gasteiger partial charge in [0.25, 0.3) is 5.88 Å². The highest BCUT2D eigenvalue weighted by Gasteiger charge is 2.47. The Labute approximate surface area is 420 Å². The molecule has 4 bridgehead atoms. The van der Waals surface area contributed by atoms with Gasteiger partial charge in [0.15, 0.2) is 35.5 Å². The zero-order valence-corrected chi connectivity index (χ0v) is 43.3. The number of carbonyl (C=O) groups is 2. The van der Waals surface area contributed by atoms with Crippen molar-refractivity contribution in [3.8, 4) is 17.5 Å². The van der Waals surface area contributed by atoms with Crippen LogP contribution in [0.5, 0.6) is 17.5 Å². The molecule has 2 aliphatic carbocycles. The number of ether oxygens (including phenoxy) is 5. The summed E-state index contributed by atoms with van der Waals surface area (Å²) >= 11 is 0. The van der Waals surface area contributed by atoms with Gasteiger partial charge in [-0.1, -0.05) is 0 Å². The van der Waals surface area contributed by atoms with Crippen LogP contribution < -0.4 is 24.8 Å². The van der Waals surface area contributed by atoms with Crippen LogP contribution in [-0.4, -0.2) is 134 Å². The number of piperidine rings is 2.